The maximum Gasteiger partial charge on any atom is 0.171 e. The number of halogens is 2. The van der Waals surface area contributed by atoms with E-state index in [0.29, 0.717) is 6.61 Å². The third-order valence-corrected chi connectivity index (χ3v) is 9.88. The van der Waals surface area contributed by atoms with Gasteiger partial charge in [0.2, 0.25) is 0 Å². The molecule has 1 aromatic carbocycles. The lowest BCUT2D eigenvalue weighted by Gasteiger charge is -2.25. The van der Waals surface area contributed by atoms with Crippen LogP contribution in [0, 0.1) is 5.82 Å². The Balaban J connectivity index is 1.62. The Labute approximate surface area is 244 Å². The second-order valence-corrected chi connectivity index (χ2v) is 15.0. The number of benzene rings is 1. The first-order chi connectivity index (χ1) is 18.7. The van der Waals surface area contributed by atoms with Gasteiger partial charge >= 0.3 is 0 Å². The van der Waals surface area contributed by atoms with Crippen molar-refractivity contribution < 1.29 is 18.1 Å². The number of thiophene rings is 1. The van der Waals surface area contributed by atoms with Crippen molar-refractivity contribution in [3.63, 3.8) is 0 Å². The first-order valence-corrected chi connectivity index (χ1v) is 15.1. The molecule has 1 aliphatic heterocycles. The van der Waals surface area contributed by atoms with Crippen LogP contribution in [-0.4, -0.2) is 31.3 Å². The van der Waals surface area contributed by atoms with Gasteiger partial charge in [-0.2, -0.15) is 0 Å². The molecule has 3 N–H and O–H groups in total. The molecule has 7 nitrogen and oxygen atoms in total. The zero-order valence-corrected chi connectivity index (χ0v) is 25.6. The predicted octanol–water partition coefficient (Wildman–Crippen LogP) is 6.87. The number of hydrogen-bond acceptors (Lipinski definition) is 7. The van der Waals surface area contributed by atoms with Crippen molar-refractivity contribution in [3.05, 3.63) is 75.6 Å². The van der Waals surface area contributed by atoms with Crippen molar-refractivity contribution in [1.82, 2.24) is 14.7 Å². The molecule has 1 aliphatic rings. The number of ether oxygens (including phenoxy) is 2. The highest BCUT2D eigenvalue weighted by atomic mass is 35.5. The van der Waals surface area contributed by atoms with Crippen molar-refractivity contribution in [2.24, 2.45) is 0 Å². The van der Waals surface area contributed by atoms with Gasteiger partial charge in [-0.3, -0.25) is 4.98 Å². The molecule has 0 amide bonds. The molecule has 1 saturated heterocycles. The molecule has 0 radical (unpaired) electrons. The van der Waals surface area contributed by atoms with Gasteiger partial charge in [0.25, 0.3) is 0 Å². The van der Waals surface area contributed by atoms with Gasteiger partial charge in [0.1, 0.15) is 5.60 Å². The molecular weight excluding hydrogens is 571 g/mol. The second kappa shape index (κ2) is 10.4. The third kappa shape index (κ3) is 5.53. The smallest absolute Gasteiger partial charge is 0.171 e. The summed E-state index contributed by atoms with van der Waals surface area (Å²) < 4.78 is 44.2. The van der Waals surface area contributed by atoms with Crippen LogP contribution >= 0.6 is 22.9 Å². The topological polar surface area (TPSA) is 99.4 Å². The third-order valence-electron chi connectivity index (χ3n) is 6.77. The van der Waals surface area contributed by atoms with E-state index in [1.807, 2.05) is 77.9 Å². The summed E-state index contributed by atoms with van der Waals surface area (Å²) in [5, 5.41) is 1.03. The number of rotatable bonds is 6. The minimum absolute atomic E-state index is 0.0945. The molecule has 0 saturated carbocycles. The fourth-order valence-electron chi connectivity index (χ4n) is 4.69. The van der Waals surface area contributed by atoms with E-state index in [4.69, 9.17) is 26.8 Å². The molecule has 4 aromatic rings. The van der Waals surface area contributed by atoms with Crippen LogP contribution < -0.4 is 10.5 Å². The van der Waals surface area contributed by atoms with Gasteiger partial charge in [-0.25, -0.2) is 18.3 Å². The highest BCUT2D eigenvalue weighted by molar-refractivity contribution is 7.84. The maximum atomic E-state index is 15.4. The van der Waals surface area contributed by atoms with E-state index in [1.54, 1.807) is 6.20 Å². The number of nitrogens with one attached hydrogen (secondary N) is 1. The van der Waals surface area contributed by atoms with Crippen LogP contribution in [0.5, 0.6) is 0 Å². The van der Waals surface area contributed by atoms with Gasteiger partial charge in [0.15, 0.2) is 17.4 Å². The molecule has 40 heavy (non-hydrogen) atoms. The molecule has 3 unspecified atom stereocenters. The molecule has 0 bridgehead atoms. The minimum atomic E-state index is -1.54. The van der Waals surface area contributed by atoms with Gasteiger partial charge < -0.3 is 15.2 Å². The van der Waals surface area contributed by atoms with Crippen molar-refractivity contribution in [1.29, 1.82) is 0 Å². The fourth-order valence-corrected chi connectivity index (χ4v) is 7.06. The summed E-state index contributed by atoms with van der Waals surface area (Å²) in [5.74, 6) is -1.69. The Morgan fingerprint density at radius 2 is 1.95 bits per heavy atom. The molecule has 11 heteroatoms. The van der Waals surface area contributed by atoms with Crippen molar-refractivity contribution in [2.45, 2.75) is 63.7 Å². The first-order valence-electron chi connectivity index (χ1n) is 12.8. The maximum absolute atomic E-state index is 15.4. The second-order valence-electron chi connectivity index (χ2n) is 11.5. The van der Waals surface area contributed by atoms with E-state index in [1.165, 1.54) is 17.5 Å². The number of hydrogen-bond donors (Lipinski definition) is 2. The molecule has 5 rings (SSSR count). The van der Waals surface area contributed by atoms with Gasteiger partial charge in [0.05, 0.1) is 39.1 Å². The average molecular weight is 603 g/mol. The highest BCUT2D eigenvalue weighted by Crippen LogP contribution is 2.43. The van der Waals surface area contributed by atoms with Crippen LogP contribution in [0.25, 0.3) is 21.3 Å². The lowest BCUT2D eigenvalue weighted by Crippen LogP contribution is -2.36. The molecule has 3 aromatic heterocycles. The Bertz CT molecular complexity index is 1620. The summed E-state index contributed by atoms with van der Waals surface area (Å²) in [4.78, 5) is 9.24. The molecule has 4 heterocycles. The van der Waals surface area contributed by atoms with Gasteiger partial charge in [-0.05, 0) is 70.7 Å². The van der Waals surface area contributed by atoms with E-state index in [9.17, 15) is 4.21 Å². The SMILES string of the molecule is CC1(C)OCC(C)(c2ccnc(-c3cccc4cc(C(NS(=O)C(C)(C)C)c5c(Cl)cnc(N)c5F)sc34)c2)O1. The summed E-state index contributed by atoms with van der Waals surface area (Å²) in [6.45, 7) is 11.8. The van der Waals surface area contributed by atoms with Crippen LogP contribution in [0.3, 0.4) is 0 Å². The van der Waals surface area contributed by atoms with Gasteiger partial charge in [0, 0.05) is 33.1 Å². The normalized spacial score (nSPS) is 20.6. The fraction of sp³-hybridized carbons (Fsp3) is 0.379. The average Bonchev–Trinajstić information content (AvgIpc) is 3.45. The Hall–Kier alpha value is -2.47. The van der Waals surface area contributed by atoms with Crippen LogP contribution in [0.1, 0.15) is 63.6 Å². The van der Waals surface area contributed by atoms with Crippen molar-refractivity contribution in [3.8, 4) is 11.3 Å². The summed E-state index contributed by atoms with van der Waals surface area (Å²) in [6, 6.07) is 11.0. The summed E-state index contributed by atoms with van der Waals surface area (Å²) in [6.07, 6.45) is 3.08. The van der Waals surface area contributed by atoms with Crippen LogP contribution in [0.15, 0.2) is 48.8 Å². The monoisotopic (exact) mass is 602 g/mol. The lowest BCUT2D eigenvalue weighted by molar-refractivity contribution is -0.159. The number of pyridine rings is 2. The van der Waals surface area contributed by atoms with Gasteiger partial charge in [-0.15, -0.1) is 11.3 Å². The first kappa shape index (κ1) is 29.0. The summed E-state index contributed by atoms with van der Waals surface area (Å²) >= 11 is 7.91. The number of nitrogens with two attached hydrogens (primary N) is 1. The number of aromatic nitrogens is 2. The zero-order chi connectivity index (χ0) is 29.0. The van der Waals surface area contributed by atoms with E-state index in [0.717, 1.165) is 31.8 Å². The summed E-state index contributed by atoms with van der Waals surface area (Å²) in [5.41, 5.74) is 7.95. The number of nitrogens with zero attached hydrogens (tertiary/aromatic N) is 2. The molecule has 0 aliphatic carbocycles. The van der Waals surface area contributed by atoms with E-state index in [2.05, 4.69) is 14.7 Å². The standard InChI is InChI=1S/C29H32ClFN4O3S2/c1-27(2,3)40(36)35-24(22-19(30)14-34-26(32)23(22)31)21-12-16-8-7-9-18(25(16)39-21)20-13-17(10-11-33-20)29(6)15-37-28(4,5)38-29/h7-14,24,35H,15H2,1-6H3,(H2,32,34). The molecule has 1 fully saturated rings. The minimum Gasteiger partial charge on any atom is -0.381 e. The van der Waals surface area contributed by atoms with Crippen LogP contribution in [-0.2, 0) is 26.1 Å². The Morgan fingerprint density at radius 3 is 2.62 bits per heavy atom. The van der Waals surface area contributed by atoms with E-state index in [-0.39, 0.29) is 16.4 Å². The quantitative estimate of drug-likeness (QED) is 0.250. The number of nitrogen functional groups attached to an aromatic ring is 1. The molecule has 3 atom stereocenters. The predicted molar refractivity (Wildman–Crippen MR) is 160 cm³/mol. The van der Waals surface area contributed by atoms with E-state index >= 15 is 4.39 Å². The molecular formula is C29H32ClFN4O3S2. The Kier molecular flexibility index (Phi) is 7.56. The van der Waals surface area contributed by atoms with Crippen molar-refractivity contribution >= 4 is 49.8 Å². The highest BCUT2D eigenvalue weighted by Gasteiger charge is 2.43. The largest absolute Gasteiger partial charge is 0.381 e. The molecule has 212 valence electrons. The molecule has 0 spiro atoms. The van der Waals surface area contributed by atoms with Crippen molar-refractivity contribution in [2.75, 3.05) is 12.3 Å². The number of anilines is 1. The van der Waals surface area contributed by atoms with Crippen LogP contribution in [0.2, 0.25) is 5.02 Å². The summed E-state index contributed by atoms with van der Waals surface area (Å²) in [7, 11) is -1.54. The lowest BCUT2D eigenvalue weighted by atomic mass is 9.96. The van der Waals surface area contributed by atoms with Gasteiger partial charge in [-0.1, -0.05) is 29.8 Å². The van der Waals surface area contributed by atoms with E-state index < -0.39 is 39.0 Å². The van der Waals surface area contributed by atoms with Crippen LogP contribution in [0.4, 0.5) is 10.2 Å². The Morgan fingerprint density at radius 1 is 1.20 bits per heavy atom. The number of fused-ring (bicyclic) bond motifs is 1. The zero-order valence-electron chi connectivity index (χ0n) is 23.2.